The van der Waals surface area contributed by atoms with Crippen LogP contribution in [0.15, 0.2) is 6.20 Å². The molecule has 0 unspecified atom stereocenters. The summed E-state index contributed by atoms with van der Waals surface area (Å²) in [5.41, 5.74) is 6.48. The van der Waals surface area contributed by atoms with Crippen LogP contribution in [-0.2, 0) is 0 Å². The Kier molecular flexibility index (Phi) is 2.41. The highest BCUT2D eigenvalue weighted by atomic mass is 32.1. The van der Waals surface area contributed by atoms with E-state index in [4.69, 9.17) is 5.73 Å². The first-order chi connectivity index (χ1) is 8.52. The van der Waals surface area contributed by atoms with Gasteiger partial charge < -0.3 is 5.73 Å². The van der Waals surface area contributed by atoms with E-state index < -0.39 is 5.92 Å². The van der Waals surface area contributed by atoms with Gasteiger partial charge in [0, 0.05) is 18.8 Å². The minimum atomic E-state index is -2.54. The Morgan fingerprint density at radius 3 is 2.89 bits per heavy atom. The zero-order valence-corrected chi connectivity index (χ0v) is 9.97. The molecule has 0 atom stereocenters. The number of fused-ring (bicyclic) bond motifs is 1. The lowest BCUT2D eigenvalue weighted by molar-refractivity contribution is -0.0936. The van der Waals surface area contributed by atoms with Gasteiger partial charge in [-0.2, -0.15) is 4.98 Å². The average Bonchev–Trinajstić information content (AvgIpc) is 2.62. The maximum Gasteiger partial charge on any atom is 0.250 e. The third-order valence-corrected chi connectivity index (χ3v) is 3.40. The van der Waals surface area contributed by atoms with E-state index in [1.54, 1.807) is 0 Å². The van der Waals surface area contributed by atoms with E-state index in [0.717, 1.165) is 0 Å². The number of rotatable bonds is 0. The predicted octanol–water partition coefficient (Wildman–Crippen LogP) is 2.07. The third kappa shape index (κ3) is 2.11. The van der Waals surface area contributed by atoms with E-state index in [1.165, 1.54) is 17.5 Å². The van der Waals surface area contributed by atoms with E-state index in [-0.39, 0.29) is 18.8 Å². The number of nitrogen functional groups attached to an aromatic ring is 1. The number of halogens is 2. The van der Waals surface area contributed by atoms with Crippen molar-refractivity contribution in [1.82, 2.24) is 15.0 Å². The fourth-order valence-electron chi connectivity index (χ4n) is 1.74. The van der Waals surface area contributed by atoms with Crippen LogP contribution < -0.4 is 5.73 Å². The number of nitrogens with zero attached hydrogens (tertiary/aromatic N) is 3. The SMILES string of the molecule is Nc1nc2ncc(C#CC3CC(F)(F)C3)nc2s1. The molecule has 0 radical (unpaired) electrons. The Morgan fingerprint density at radius 1 is 1.39 bits per heavy atom. The number of anilines is 1. The molecule has 0 spiro atoms. The Morgan fingerprint density at radius 2 is 2.17 bits per heavy atom. The molecule has 0 bridgehead atoms. The van der Waals surface area contributed by atoms with Gasteiger partial charge in [0.25, 0.3) is 5.92 Å². The first kappa shape index (κ1) is 11.3. The van der Waals surface area contributed by atoms with Gasteiger partial charge in [0.05, 0.1) is 6.20 Å². The van der Waals surface area contributed by atoms with Crippen molar-refractivity contribution < 1.29 is 8.78 Å². The highest BCUT2D eigenvalue weighted by Gasteiger charge is 2.44. The summed E-state index contributed by atoms with van der Waals surface area (Å²) in [4.78, 5) is 12.9. The highest BCUT2D eigenvalue weighted by Crippen LogP contribution is 2.41. The van der Waals surface area contributed by atoms with Crippen LogP contribution in [0.25, 0.3) is 10.5 Å². The van der Waals surface area contributed by atoms with E-state index in [1.807, 2.05) is 0 Å². The predicted molar refractivity (Wildman–Crippen MR) is 64.2 cm³/mol. The number of nitrogens with two attached hydrogens (primary N) is 1. The van der Waals surface area contributed by atoms with Gasteiger partial charge in [0.2, 0.25) is 0 Å². The molecular formula is C11H8F2N4S. The van der Waals surface area contributed by atoms with Gasteiger partial charge in [-0.15, -0.1) is 0 Å². The summed E-state index contributed by atoms with van der Waals surface area (Å²) in [5, 5.41) is 0.397. The van der Waals surface area contributed by atoms with Crippen LogP contribution in [0.4, 0.5) is 13.9 Å². The largest absolute Gasteiger partial charge is 0.375 e. The molecule has 1 fully saturated rings. The van der Waals surface area contributed by atoms with Gasteiger partial charge in [0.1, 0.15) is 5.69 Å². The van der Waals surface area contributed by atoms with Crippen molar-refractivity contribution in [2.75, 3.05) is 5.73 Å². The molecule has 7 heteroatoms. The van der Waals surface area contributed by atoms with Crippen LogP contribution in [0.1, 0.15) is 18.5 Å². The van der Waals surface area contributed by atoms with E-state index in [9.17, 15) is 8.78 Å². The van der Waals surface area contributed by atoms with Crippen molar-refractivity contribution in [3.05, 3.63) is 11.9 Å². The minimum Gasteiger partial charge on any atom is -0.375 e. The van der Waals surface area contributed by atoms with Crippen LogP contribution in [0, 0.1) is 17.8 Å². The Balaban J connectivity index is 1.81. The number of hydrogen-bond acceptors (Lipinski definition) is 5. The first-order valence-electron chi connectivity index (χ1n) is 5.30. The topological polar surface area (TPSA) is 64.7 Å². The van der Waals surface area contributed by atoms with Gasteiger partial charge in [-0.25, -0.2) is 18.7 Å². The Bertz CT molecular complexity index is 662. The zero-order valence-electron chi connectivity index (χ0n) is 9.15. The van der Waals surface area contributed by atoms with Gasteiger partial charge in [0.15, 0.2) is 15.6 Å². The maximum absolute atomic E-state index is 12.6. The number of hydrogen-bond donors (Lipinski definition) is 1. The molecule has 92 valence electrons. The summed E-state index contributed by atoms with van der Waals surface area (Å²) in [6, 6.07) is 0. The third-order valence-electron chi connectivity index (χ3n) is 2.63. The molecule has 0 amide bonds. The second-order valence-electron chi connectivity index (χ2n) is 4.17. The summed E-state index contributed by atoms with van der Waals surface area (Å²) in [6.07, 6.45) is 1.15. The summed E-state index contributed by atoms with van der Waals surface area (Å²) >= 11 is 1.23. The van der Waals surface area contributed by atoms with Crippen molar-refractivity contribution in [2.24, 2.45) is 5.92 Å². The number of alkyl halides is 2. The molecule has 1 aliphatic rings. The van der Waals surface area contributed by atoms with Crippen LogP contribution in [0.3, 0.4) is 0 Å². The Hall–Kier alpha value is -1.81. The molecular weight excluding hydrogens is 258 g/mol. The molecule has 0 aliphatic heterocycles. The van der Waals surface area contributed by atoms with Crippen LogP contribution in [0.5, 0.6) is 0 Å². The molecule has 18 heavy (non-hydrogen) atoms. The summed E-state index contributed by atoms with van der Waals surface area (Å²) < 4.78 is 25.2. The summed E-state index contributed by atoms with van der Waals surface area (Å²) in [6.45, 7) is 0. The molecule has 4 nitrogen and oxygen atoms in total. The lowest BCUT2D eigenvalue weighted by Crippen LogP contribution is -2.34. The second kappa shape index (κ2) is 3.85. The first-order valence-corrected chi connectivity index (χ1v) is 6.12. The van der Waals surface area contributed by atoms with Crippen LogP contribution in [0.2, 0.25) is 0 Å². The zero-order chi connectivity index (χ0) is 12.8. The molecule has 1 aliphatic carbocycles. The van der Waals surface area contributed by atoms with E-state index in [0.29, 0.717) is 21.3 Å². The molecule has 1 saturated carbocycles. The molecule has 2 N–H and O–H groups in total. The quantitative estimate of drug-likeness (QED) is 0.741. The molecule has 2 heterocycles. The molecule has 0 aromatic carbocycles. The molecule has 2 aromatic heterocycles. The van der Waals surface area contributed by atoms with Gasteiger partial charge in [-0.3, -0.25) is 0 Å². The summed E-state index contributed by atoms with van der Waals surface area (Å²) in [7, 11) is 0. The lowest BCUT2D eigenvalue weighted by atomic mass is 9.82. The summed E-state index contributed by atoms with van der Waals surface area (Å²) in [5.74, 6) is 2.76. The van der Waals surface area contributed by atoms with Crippen LogP contribution >= 0.6 is 11.3 Å². The van der Waals surface area contributed by atoms with Gasteiger partial charge in [-0.1, -0.05) is 17.3 Å². The minimum absolute atomic E-state index is 0.164. The van der Waals surface area contributed by atoms with Crippen molar-refractivity contribution in [3.63, 3.8) is 0 Å². The lowest BCUT2D eigenvalue weighted by Gasteiger charge is -2.31. The Labute approximate surface area is 105 Å². The second-order valence-corrected chi connectivity index (χ2v) is 5.18. The molecule has 2 aromatic rings. The van der Waals surface area contributed by atoms with Crippen LogP contribution in [-0.4, -0.2) is 20.9 Å². The highest BCUT2D eigenvalue weighted by molar-refractivity contribution is 7.21. The van der Waals surface area contributed by atoms with Gasteiger partial charge in [-0.05, 0) is 5.92 Å². The van der Waals surface area contributed by atoms with Crippen molar-refractivity contribution in [1.29, 1.82) is 0 Å². The van der Waals surface area contributed by atoms with E-state index in [2.05, 4.69) is 26.8 Å². The van der Waals surface area contributed by atoms with Crippen molar-refractivity contribution in [2.45, 2.75) is 18.8 Å². The fourth-order valence-corrected chi connectivity index (χ4v) is 2.40. The van der Waals surface area contributed by atoms with Crippen molar-refractivity contribution >= 4 is 26.9 Å². The normalized spacial score (nSPS) is 18.1. The standard InChI is InChI=1S/C11H8F2N4S/c12-11(13)3-6(4-11)1-2-7-5-15-8-9(16-7)18-10(14)17-8/h5-6H,3-4H2,(H2,14,15,17). The monoisotopic (exact) mass is 266 g/mol. The van der Waals surface area contributed by atoms with Crippen molar-refractivity contribution in [3.8, 4) is 11.8 Å². The molecule has 3 rings (SSSR count). The maximum atomic E-state index is 12.6. The van der Waals surface area contributed by atoms with Gasteiger partial charge >= 0.3 is 0 Å². The molecule has 0 saturated heterocycles. The van der Waals surface area contributed by atoms with E-state index >= 15 is 0 Å². The smallest absolute Gasteiger partial charge is 0.250 e. The average molecular weight is 266 g/mol. The number of thiazole rings is 1. The fraction of sp³-hybridized carbons (Fsp3) is 0.364. The number of aromatic nitrogens is 3.